The molecule has 0 spiro atoms. The lowest BCUT2D eigenvalue weighted by Crippen LogP contribution is -2.30. The van der Waals surface area contributed by atoms with Gasteiger partial charge in [-0.05, 0) is 97.8 Å². The molecule has 1 aliphatic carbocycles. The predicted octanol–water partition coefficient (Wildman–Crippen LogP) is 8.49. The van der Waals surface area contributed by atoms with E-state index in [1.807, 2.05) is 54.6 Å². The van der Waals surface area contributed by atoms with E-state index in [4.69, 9.17) is 4.74 Å². The summed E-state index contributed by atoms with van der Waals surface area (Å²) in [6, 6.07) is 29.6. The van der Waals surface area contributed by atoms with E-state index >= 15 is 0 Å². The number of benzene rings is 4. The van der Waals surface area contributed by atoms with E-state index in [-0.39, 0.29) is 18.2 Å². The van der Waals surface area contributed by atoms with Crippen molar-refractivity contribution in [1.29, 1.82) is 0 Å². The predicted molar refractivity (Wildman–Crippen MR) is 202 cm³/mol. The smallest absolute Gasteiger partial charge is 0.341 e. The molecule has 1 unspecified atom stereocenters. The van der Waals surface area contributed by atoms with Crippen molar-refractivity contribution in [1.82, 2.24) is 5.32 Å². The summed E-state index contributed by atoms with van der Waals surface area (Å²) in [4.78, 5) is 55.1. The number of fused-ring (bicyclic) bond motifs is 2. The molecule has 4 aromatic carbocycles. The Bertz CT molecular complexity index is 2080. The topological polar surface area (TPSA) is 114 Å². The molecule has 0 radical (unpaired) electrons. The lowest BCUT2D eigenvalue weighted by Gasteiger charge is -2.15. The lowest BCUT2D eigenvalue weighted by molar-refractivity contribution is -0.115. The van der Waals surface area contributed by atoms with Crippen molar-refractivity contribution in [2.24, 2.45) is 0 Å². The van der Waals surface area contributed by atoms with Crippen molar-refractivity contribution >= 4 is 74.3 Å². The Hall–Kier alpha value is -5.19. The molecular weight excluding hydrogens is 667 g/mol. The molecular formula is C40H37N3O5S2. The number of aryl methyl sites for hydroxylation is 1. The molecule has 254 valence electrons. The molecule has 0 bridgehead atoms. The number of thioether (sulfide) groups is 1. The first-order valence-electron chi connectivity index (χ1n) is 16.6. The standard InChI is InChI=1S/C40H37N3O5S2/c1-3-48-40(47)35-32-21-9-10-22-34(32)50-39(35)43-36(44)25(2)49-30-19-12-18-29(24-30)41-38(46)33(42-37(45)27-14-5-4-6-15-27)23-28-17-11-16-26-13-7-8-20-31(26)28/h4-8,11-20,23-25H,3,9-10,21-22H2,1-2H3,(H,41,46)(H,42,45)(H,43,44)/b33-23+. The molecule has 0 saturated carbocycles. The summed E-state index contributed by atoms with van der Waals surface area (Å²) in [7, 11) is 0. The van der Waals surface area contributed by atoms with Crippen molar-refractivity contribution in [2.75, 3.05) is 17.2 Å². The van der Waals surface area contributed by atoms with E-state index in [1.54, 1.807) is 62.4 Å². The fourth-order valence-corrected chi connectivity index (χ4v) is 8.07. The molecule has 0 aliphatic heterocycles. The first kappa shape index (κ1) is 34.7. The van der Waals surface area contributed by atoms with Gasteiger partial charge in [-0.15, -0.1) is 23.1 Å². The molecule has 5 aromatic rings. The molecule has 10 heteroatoms. The number of carbonyl (C=O) groups excluding carboxylic acids is 4. The molecule has 3 N–H and O–H groups in total. The van der Waals surface area contributed by atoms with Crippen LogP contribution in [0.3, 0.4) is 0 Å². The quantitative estimate of drug-likeness (QED) is 0.0723. The molecule has 6 rings (SSSR count). The van der Waals surface area contributed by atoms with Crippen LogP contribution in [0.1, 0.15) is 63.4 Å². The average Bonchev–Trinajstić information content (AvgIpc) is 3.50. The van der Waals surface area contributed by atoms with Crippen LogP contribution in [0.4, 0.5) is 10.7 Å². The first-order chi connectivity index (χ1) is 24.3. The highest BCUT2D eigenvalue weighted by Crippen LogP contribution is 2.39. The van der Waals surface area contributed by atoms with Crippen LogP contribution in [0.15, 0.2) is 108 Å². The van der Waals surface area contributed by atoms with Gasteiger partial charge in [0.15, 0.2) is 0 Å². The van der Waals surface area contributed by atoms with Crippen LogP contribution in [-0.4, -0.2) is 35.5 Å². The number of hydrogen-bond acceptors (Lipinski definition) is 7. The van der Waals surface area contributed by atoms with E-state index in [9.17, 15) is 19.2 Å². The van der Waals surface area contributed by atoms with Crippen molar-refractivity contribution in [3.05, 3.63) is 130 Å². The van der Waals surface area contributed by atoms with E-state index in [2.05, 4.69) is 16.0 Å². The van der Waals surface area contributed by atoms with Gasteiger partial charge >= 0.3 is 5.97 Å². The van der Waals surface area contributed by atoms with E-state index in [1.165, 1.54) is 23.1 Å². The van der Waals surface area contributed by atoms with Crippen LogP contribution < -0.4 is 16.0 Å². The maximum atomic E-state index is 13.8. The molecule has 1 atom stereocenters. The second kappa shape index (κ2) is 16.0. The summed E-state index contributed by atoms with van der Waals surface area (Å²) in [6.45, 7) is 3.83. The van der Waals surface area contributed by atoms with Crippen LogP contribution in [-0.2, 0) is 27.2 Å². The van der Waals surface area contributed by atoms with E-state index < -0.39 is 23.0 Å². The Morgan fingerprint density at radius 2 is 1.62 bits per heavy atom. The Morgan fingerprint density at radius 1 is 0.880 bits per heavy atom. The highest BCUT2D eigenvalue weighted by molar-refractivity contribution is 8.00. The van der Waals surface area contributed by atoms with Gasteiger partial charge < -0.3 is 20.7 Å². The zero-order valence-corrected chi connectivity index (χ0v) is 29.4. The van der Waals surface area contributed by atoms with Crippen LogP contribution in [0.5, 0.6) is 0 Å². The van der Waals surface area contributed by atoms with Crippen molar-refractivity contribution in [3.8, 4) is 0 Å². The largest absolute Gasteiger partial charge is 0.462 e. The second-order valence-corrected chi connectivity index (χ2v) is 14.3. The summed E-state index contributed by atoms with van der Waals surface area (Å²) in [5, 5.41) is 10.7. The number of carbonyl (C=O) groups is 4. The summed E-state index contributed by atoms with van der Waals surface area (Å²) < 4.78 is 5.34. The van der Waals surface area contributed by atoms with Crippen molar-refractivity contribution < 1.29 is 23.9 Å². The third-order valence-corrected chi connectivity index (χ3v) is 10.6. The van der Waals surface area contributed by atoms with Gasteiger partial charge in [-0.2, -0.15) is 0 Å². The number of thiophene rings is 1. The van der Waals surface area contributed by atoms with Crippen molar-refractivity contribution in [2.45, 2.75) is 49.7 Å². The zero-order valence-electron chi connectivity index (χ0n) is 27.8. The maximum Gasteiger partial charge on any atom is 0.341 e. The fraction of sp³-hybridized carbons (Fsp3) is 0.200. The highest BCUT2D eigenvalue weighted by atomic mass is 32.2. The molecule has 8 nitrogen and oxygen atoms in total. The Kier molecular flexibility index (Phi) is 11.1. The average molecular weight is 704 g/mol. The van der Waals surface area contributed by atoms with Gasteiger partial charge in [0.05, 0.1) is 17.4 Å². The Morgan fingerprint density at radius 3 is 2.44 bits per heavy atom. The normalized spacial score (nSPS) is 13.2. The van der Waals surface area contributed by atoms with Gasteiger partial charge in [-0.1, -0.05) is 66.7 Å². The minimum atomic E-state index is -0.512. The third kappa shape index (κ3) is 8.15. The summed E-state index contributed by atoms with van der Waals surface area (Å²) in [5.74, 6) is -1.55. The minimum absolute atomic E-state index is 0.0806. The van der Waals surface area contributed by atoms with Crippen molar-refractivity contribution in [3.63, 3.8) is 0 Å². The number of esters is 1. The van der Waals surface area contributed by atoms with Gasteiger partial charge in [-0.25, -0.2) is 4.79 Å². The summed E-state index contributed by atoms with van der Waals surface area (Å²) in [5.41, 5.74) is 3.26. The summed E-state index contributed by atoms with van der Waals surface area (Å²) >= 11 is 2.79. The van der Waals surface area contributed by atoms with Crippen LogP contribution in [0.2, 0.25) is 0 Å². The minimum Gasteiger partial charge on any atom is -0.462 e. The van der Waals surface area contributed by atoms with Gasteiger partial charge in [0.1, 0.15) is 10.7 Å². The Labute approximate surface area is 299 Å². The Balaban J connectivity index is 1.19. The van der Waals surface area contributed by atoms with Crippen LogP contribution in [0.25, 0.3) is 16.8 Å². The third-order valence-electron chi connectivity index (χ3n) is 8.31. The lowest BCUT2D eigenvalue weighted by atomic mass is 9.95. The van der Waals surface area contributed by atoms with E-state index in [0.29, 0.717) is 21.8 Å². The van der Waals surface area contributed by atoms with E-state index in [0.717, 1.165) is 57.4 Å². The number of anilines is 2. The van der Waals surface area contributed by atoms with Gasteiger partial charge in [-0.3, -0.25) is 14.4 Å². The van der Waals surface area contributed by atoms with Gasteiger partial charge in [0.25, 0.3) is 11.8 Å². The molecule has 0 saturated heterocycles. The monoisotopic (exact) mass is 703 g/mol. The molecule has 1 aliphatic rings. The number of rotatable bonds is 11. The number of hydrogen-bond donors (Lipinski definition) is 3. The van der Waals surface area contributed by atoms with Gasteiger partial charge in [0.2, 0.25) is 5.91 Å². The summed E-state index contributed by atoms with van der Waals surface area (Å²) in [6.07, 6.45) is 5.43. The number of ether oxygens (including phenoxy) is 1. The van der Waals surface area contributed by atoms with Crippen LogP contribution in [0, 0.1) is 0 Å². The first-order valence-corrected chi connectivity index (χ1v) is 18.3. The number of amides is 3. The van der Waals surface area contributed by atoms with Crippen LogP contribution >= 0.6 is 23.1 Å². The highest BCUT2D eigenvalue weighted by Gasteiger charge is 2.28. The molecule has 1 aromatic heterocycles. The molecule has 0 fully saturated rings. The fourth-order valence-electron chi connectivity index (χ4n) is 5.86. The zero-order chi connectivity index (χ0) is 35.0. The number of nitrogens with one attached hydrogen (secondary N) is 3. The molecule has 3 amide bonds. The maximum absolute atomic E-state index is 13.8. The molecule has 50 heavy (non-hydrogen) atoms. The second-order valence-electron chi connectivity index (χ2n) is 11.8. The SMILES string of the molecule is CCOC(=O)c1c(NC(=O)C(C)Sc2cccc(NC(=O)/C(=C\c3cccc4ccccc34)NC(=O)c3ccccc3)c2)sc2c1CCCC2. The molecule has 1 heterocycles. The van der Waals surface area contributed by atoms with Gasteiger partial charge in [0, 0.05) is 21.0 Å².